The molecule has 1 aromatic carbocycles. The average Bonchev–Trinajstić information content (AvgIpc) is 2.40. The molecule has 0 fully saturated rings. The van der Waals surface area contributed by atoms with Gasteiger partial charge < -0.3 is 5.32 Å². The van der Waals surface area contributed by atoms with Crippen LogP contribution in [0.3, 0.4) is 0 Å². The molecular formula is C15H17BrN2. The highest BCUT2D eigenvalue weighted by molar-refractivity contribution is 9.10. The second kappa shape index (κ2) is 6.55. The van der Waals surface area contributed by atoms with Crippen molar-refractivity contribution in [1.29, 1.82) is 0 Å². The fourth-order valence-corrected chi connectivity index (χ4v) is 2.19. The van der Waals surface area contributed by atoms with Gasteiger partial charge in [0.25, 0.3) is 0 Å². The molecule has 3 heteroatoms. The van der Waals surface area contributed by atoms with Crippen LogP contribution in [0.25, 0.3) is 0 Å². The van der Waals surface area contributed by atoms with Gasteiger partial charge in [0, 0.05) is 12.2 Å². The van der Waals surface area contributed by atoms with Gasteiger partial charge in [-0.15, -0.1) is 0 Å². The lowest BCUT2D eigenvalue weighted by molar-refractivity contribution is 0.702. The van der Waals surface area contributed by atoms with E-state index in [-0.39, 0.29) is 0 Å². The fraction of sp³-hybridized carbons (Fsp3) is 0.267. The molecule has 0 bridgehead atoms. The number of nitrogens with one attached hydrogen (secondary N) is 1. The van der Waals surface area contributed by atoms with Crippen molar-refractivity contribution in [3.05, 3.63) is 58.7 Å². The Balaban J connectivity index is 1.86. The van der Waals surface area contributed by atoms with Gasteiger partial charge in [-0.3, -0.25) is 0 Å². The van der Waals surface area contributed by atoms with Crippen molar-refractivity contribution in [2.75, 3.05) is 5.32 Å². The number of anilines is 1. The molecule has 2 nitrogen and oxygen atoms in total. The van der Waals surface area contributed by atoms with Crippen LogP contribution in [0.1, 0.15) is 18.9 Å². The van der Waals surface area contributed by atoms with Crippen molar-refractivity contribution in [2.45, 2.75) is 25.8 Å². The molecule has 0 spiro atoms. The first-order valence-electron chi connectivity index (χ1n) is 6.16. The van der Waals surface area contributed by atoms with Crippen LogP contribution in [0.5, 0.6) is 0 Å². The third-order valence-corrected chi connectivity index (χ3v) is 3.49. The van der Waals surface area contributed by atoms with E-state index < -0.39 is 0 Å². The van der Waals surface area contributed by atoms with E-state index in [0.717, 1.165) is 23.1 Å². The van der Waals surface area contributed by atoms with Crippen molar-refractivity contribution < 1.29 is 0 Å². The van der Waals surface area contributed by atoms with Gasteiger partial charge in [-0.1, -0.05) is 30.3 Å². The lowest BCUT2D eigenvalue weighted by Crippen LogP contribution is -2.17. The molecule has 1 atom stereocenters. The summed E-state index contributed by atoms with van der Waals surface area (Å²) in [6, 6.07) is 14.9. The number of hydrogen-bond donors (Lipinski definition) is 1. The van der Waals surface area contributed by atoms with E-state index in [1.54, 1.807) is 6.20 Å². The molecular weight excluding hydrogens is 288 g/mol. The molecule has 1 unspecified atom stereocenters. The topological polar surface area (TPSA) is 24.9 Å². The number of aromatic nitrogens is 1. The predicted octanol–water partition coefficient (Wildman–Crippen LogP) is 4.28. The maximum absolute atomic E-state index is 4.32. The normalized spacial score (nSPS) is 12.1. The van der Waals surface area contributed by atoms with E-state index in [0.29, 0.717) is 6.04 Å². The Morgan fingerprint density at radius 2 is 1.94 bits per heavy atom. The summed E-state index contributed by atoms with van der Waals surface area (Å²) >= 11 is 3.50. The minimum atomic E-state index is 0.399. The Kier molecular flexibility index (Phi) is 4.76. The van der Waals surface area contributed by atoms with Crippen LogP contribution in [0.15, 0.2) is 53.1 Å². The molecule has 0 radical (unpaired) electrons. The van der Waals surface area contributed by atoms with Gasteiger partial charge in [0.1, 0.15) is 5.82 Å². The summed E-state index contributed by atoms with van der Waals surface area (Å²) in [4.78, 5) is 4.32. The molecule has 2 aromatic rings. The van der Waals surface area contributed by atoms with E-state index in [2.05, 4.69) is 63.5 Å². The number of halogens is 1. The highest BCUT2D eigenvalue weighted by Gasteiger charge is 2.05. The molecule has 2 rings (SSSR count). The molecule has 0 saturated heterocycles. The summed E-state index contributed by atoms with van der Waals surface area (Å²) < 4.78 is 1.01. The maximum atomic E-state index is 4.32. The number of aryl methyl sites for hydroxylation is 1. The van der Waals surface area contributed by atoms with E-state index >= 15 is 0 Å². The summed E-state index contributed by atoms with van der Waals surface area (Å²) in [5.74, 6) is 0.915. The third-order valence-electron chi connectivity index (χ3n) is 2.85. The van der Waals surface area contributed by atoms with Crippen LogP contribution in [-0.2, 0) is 6.42 Å². The Morgan fingerprint density at radius 3 is 2.67 bits per heavy atom. The van der Waals surface area contributed by atoms with Crippen LogP contribution < -0.4 is 5.32 Å². The first-order chi connectivity index (χ1) is 8.75. The second-order valence-corrected chi connectivity index (χ2v) is 5.26. The number of pyridine rings is 1. The Hall–Kier alpha value is -1.35. The standard InChI is InChI=1S/C15H17BrN2/c1-12(9-10-13-6-3-2-4-7-13)18-15-14(16)8-5-11-17-15/h2-8,11-12H,9-10H2,1H3,(H,17,18). The Bertz CT molecular complexity index is 485. The first-order valence-corrected chi connectivity index (χ1v) is 6.96. The number of rotatable bonds is 5. The number of benzene rings is 1. The van der Waals surface area contributed by atoms with Crippen molar-refractivity contribution in [2.24, 2.45) is 0 Å². The number of nitrogens with zero attached hydrogens (tertiary/aromatic N) is 1. The van der Waals surface area contributed by atoms with Gasteiger partial charge >= 0.3 is 0 Å². The Labute approximate surface area is 117 Å². The predicted molar refractivity (Wildman–Crippen MR) is 79.8 cm³/mol. The monoisotopic (exact) mass is 304 g/mol. The molecule has 0 aliphatic rings. The Morgan fingerprint density at radius 1 is 1.17 bits per heavy atom. The first kappa shape index (κ1) is 13.1. The zero-order chi connectivity index (χ0) is 12.8. The van der Waals surface area contributed by atoms with Gasteiger partial charge in [-0.25, -0.2) is 4.98 Å². The largest absolute Gasteiger partial charge is 0.367 e. The summed E-state index contributed by atoms with van der Waals surface area (Å²) in [6.45, 7) is 2.18. The summed E-state index contributed by atoms with van der Waals surface area (Å²) in [6.07, 6.45) is 3.98. The molecule has 94 valence electrons. The van der Waals surface area contributed by atoms with Crippen LogP contribution >= 0.6 is 15.9 Å². The molecule has 1 aromatic heterocycles. The minimum absolute atomic E-state index is 0.399. The van der Waals surface area contributed by atoms with Gasteiger partial charge in [0.05, 0.1) is 4.47 Å². The molecule has 18 heavy (non-hydrogen) atoms. The van der Waals surface area contributed by atoms with E-state index in [4.69, 9.17) is 0 Å². The van der Waals surface area contributed by atoms with Gasteiger partial charge in [-0.05, 0) is 53.4 Å². The molecule has 1 N–H and O–H groups in total. The molecule has 0 amide bonds. The number of hydrogen-bond acceptors (Lipinski definition) is 2. The highest BCUT2D eigenvalue weighted by Crippen LogP contribution is 2.20. The van der Waals surface area contributed by atoms with E-state index in [9.17, 15) is 0 Å². The minimum Gasteiger partial charge on any atom is -0.367 e. The lowest BCUT2D eigenvalue weighted by atomic mass is 10.1. The zero-order valence-electron chi connectivity index (χ0n) is 10.4. The smallest absolute Gasteiger partial charge is 0.140 e. The van der Waals surface area contributed by atoms with Crippen molar-refractivity contribution in [3.63, 3.8) is 0 Å². The van der Waals surface area contributed by atoms with Crippen molar-refractivity contribution >= 4 is 21.7 Å². The van der Waals surface area contributed by atoms with Crippen LogP contribution in [-0.4, -0.2) is 11.0 Å². The zero-order valence-corrected chi connectivity index (χ0v) is 12.0. The maximum Gasteiger partial charge on any atom is 0.140 e. The molecule has 0 aliphatic carbocycles. The van der Waals surface area contributed by atoms with E-state index in [1.807, 2.05) is 12.1 Å². The van der Waals surface area contributed by atoms with Crippen LogP contribution in [0.2, 0.25) is 0 Å². The molecule has 0 aliphatic heterocycles. The van der Waals surface area contributed by atoms with Crippen molar-refractivity contribution in [1.82, 2.24) is 4.98 Å². The van der Waals surface area contributed by atoms with Gasteiger partial charge in [0.15, 0.2) is 0 Å². The third kappa shape index (κ3) is 3.84. The van der Waals surface area contributed by atoms with Crippen LogP contribution in [0.4, 0.5) is 5.82 Å². The summed E-state index contributed by atoms with van der Waals surface area (Å²) in [7, 11) is 0. The second-order valence-electron chi connectivity index (χ2n) is 4.40. The molecule has 0 saturated carbocycles. The lowest BCUT2D eigenvalue weighted by Gasteiger charge is -2.15. The van der Waals surface area contributed by atoms with E-state index in [1.165, 1.54) is 5.56 Å². The van der Waals surface area contributed by atoms with Crippen molar-refractivity contribution in [3.8, 4) is 0 Å². The summed E-state index contributed by atoms with van der Waals surface area (Å²) in [5, 5.41) is 3.42. The average molecular weight is 305 g/mol. The summed E-state index contributed by atoms with van der Waals surface area (Å²) in [5.41, 5.74) is 1.38. The fourth-order valence-electron chi connectivity index (χ4n) is 1.83. The highest BCUT2D eigenvalue weighted by atomic mass is 79.9. The molecule has 1 heterocycles. The SMILES string of the molecule is CC(CCc1ccccc1)Nc1ncccc1Br. The quantitative estimate of drug-likeness (QED) is 0.892. The van der Waals surface area contributed by atoms with Crippen LogP contribution in [0, 0.1) is 0 Å². The van der Waals surface area contributed by atoms with Gasteiger partial charge in [-0.2, -0.15) is 0 Å². The van der Waals surface area contributed by atoms with Gasteiger partial charge in [0.2, 0.25) is 0 Å².